The van der Waals surface area contributed by atoms with Crippen molar-refractivity contribution in [3.05, 3.63) is 38.4 Å². The summed E-state index contributed by atoms with van der Waals surface area (Å²) in [5.74, 6) is -1.45. The number of non-ortho nitro benzene ring substituents is 1. The lowest BCUT2D eigenvalue weighted by atomic mass is 10.2. The summed E-state index contributed by atoms with van der Waals surface area (Å²) in [6, 6.07) is 2.85. The SMILES string of the molecule is O=C([O-])CNc1ccc([N+](=O)[O-])cc1[N+](=O)[O-]. The molecule has 0 saturated carbocycles. The number of benzene rings is 1. The molecule has 9 nitrogen and oxygen atoms in total. The molecule has 1 rings (SSSR count). The molecule has 0 aliphatic heterocycles. The number of carbonyl (C=O) groups excluding carboxylic acids is 1. The minimum Gasteiger partial charge on any atom is -0.548 e. The average Bonchev–Trinajstić information content (AvgIpc) is 2.25. The first-order chi connectivity index (χ1) is 7.91. The number of nitrogens with one attached hydrogen (secondary N) is 1. The van der Waals surface area contributed by atoms with Crippen LogP contribution in [-0.4, -0.2) is 22.4 Å². The van der Waals surface area contributed by atoms with E-state index in [4.69, 9.17) is 0 Å². The average molecular weight is 240 g/mol. The molecule has 1 aromatic carbocycles. The molecular weight excluding hydrogens is 234 g/mol. The zero-order valence-electron chi connectivity index (χ0n) is 8.28. The molecule has 1 N–H and O–H groups in total. The van der Waals surface area contributed by atoms with Gasteiger partial charge in [0, 0.05) is 6.07 Å². The number of nitrogens with zero attached hydrogens (tertiary/aromatic N) is 2. The first-order valence-corrected chi connectivity index (χ1v) is 4.28. The zero-order valence-corrected chi connectivity index (χ0v) is 8.28. The number of hydrogen-bond donors (Lipinski definition) is 1. The summed E-state index contributed by atoms with van der Waals surface area (Å²) in [5.41, 5.74) is -1.14. The molecule has 17 heavy (non-hydrogen) atoms. The van der Waals surface area contributed by atoms with E-state index < -0.39 is 33.7 Å². The molecule has 0 spiro atoms. The fraction of sp³-hybridized carbons (Fsp3) is 0.125. The third kappa shape index (κ3) is 3.12. The second-order valence-corrected chi connectivity index (χ2v) is 2.94. The van der Waals surface area contributed by atoms with Crippen molar-refractivity contribution in [2.75, 3.05) is 11.9 Å². The van der Waals surface area contributed by atoms with E-state index in [1.165, 1.54) is 0 Å². The van der Waals surface area contributed by atoms with Crippen LogP contribution in [0.25, 0.3) is 0 Å². The normalized spacial score (nSPS) is 9.65. The highest BCUT2D eigenvalue weighted by atomic mass is 16.6. The van der Waals surface area contributed by atoms with Crippen molar-refractivity contribution in [1.29, 1.82) is 0 Å². The van der Waals surface area contributed by atoms with Crippen molar-refractivity contribution in [1.82, 2.24) is 0 Å². The first-order valence-electron chi connectivity index (χ1n) is 4.28. The Labute approximate surface area is 94.0 Å². The van der Waals surface area contributed by atoms with Crippen molar-refractivity contribution in [3.63, 3.8) is 0 Å². The lowest BCUT2D eigenvalue weighted by Gasteiger charge is -2.07. The number of anilines is 1. The number of hydrogen-bond acceptors (Lipinski definition) is 7. The van der Waals surface area contributed by atoms with Crippen LogP contribution in [0.1, 0.15) is 0 Å². The molecule has 0 unspecified atom stereocenters. The molecule has 0 aromatic heterocycles. The van der Waals surface area contributed by atoms with Crippen LogP contribution in [0.4, 0.5) is 17.1 Å². The molecule has 0 heterocycles. The largest absolute Gasteiger partial charge is 0.548 e. The van der Waals surface area contributed by atoms with Gasteiger partial charge >= 0.3 is 0 Å². The zero-order chi connectivity index (χ0) is 13.0. The van der Waals surface area contributed by atoms with Gasteiger partial charge in [-0.25, -0.2) is 0 Å². The van der Waals surface area contributed by atoms with E-state index in [0.717, 1.165) is 18.2 Å². The molecule has 0 bridgehead atoms. The van der Waals surface area contributed by atoms with Crippen molar-refractivity contribution >= 4 is 23.0 Å². The van der Waals surface area contributed by atoms with Crippen molar-refractivity contribution in [2.24, 2.45) is 0 Å². The quantitative estimate of drug-likeness (QED) is 0.548. The molecule has 0 radical (unpaired) electrons. The third-order valence-corrected chi connectivity index (χ3v) is 1.81. The molecule has 90 valence electrons. The predicted octanol–water partition coefficient (Wildman–Crippen LogP) is -0.335. The van der Waals surface area contributed by atoms with Gasteiger partial charge < -0.3 is 15.2 Å². The molecule has 0 atom stereocenters. The van der Waals surface area contributed by atoms with Crippen LogP contribution in [0.2, 0.25) is 0 Å². The molecular formula is C8H6N3O6-. The standard InChI is InChI=1S/C8H7N3O6/c12-8(13)4-9-6-2-1-5(10(14)15)3-7(6)11(16)17/h1-3,9H,4H2,(H,12,13)/p-1. The fourth-order valence-corrected chi connectivity index (χ4v) is 1.10. The van der Waals surface area contributed by atoms with Crippen molar-refractivity contribution in [3.8, 4) is 0 Å². The van der Waals surface area contributed by atoms with Crippen LogP contribution in [0.5, 0.6) is 0 Å². The number of rotatable bonds is 5. The van der Waals surface area contributed by atoms with Crippen LogP contribution in [0, 0.1) is 20.2 Å². The first kappa shape index (κ1) is 12.4. The Bertz CT molecular complexity index is 486. The summed E-state index contributed by atoms with van der Waals surface area (Å²) >= 11 is 0. The Morgan fingerprint density at radius 1 is 1.24 bits per heavy atom. The van der Waals surface area contributed by atoms with Gasteiger partial charge in [0.2, 0.25) is 0 Å². The second-order valence-electron chi connectivity index (χ2n) is 2.94. The Hall–Kier alpha value is -2.71. The summed E-state index contributed by atoms with van der Waals surface area (Å²) in [4.78, 5) is 29.6. The van der Waals surface area contributed by atoms with E-state index in [2.05, 4.69) is 5.32 Å². The predicted molar refractivity (Wildman–Crippen MR) is 53.2 cm³/mol. The Morgan fingerprint density at radius 2 is 1.88 bits per heavy atom. The van der Waals surface area contributed by atoms with Gasteiger partial charge in [-0.05, 0) is 6.07 Å². The lowest BCUT2D eigenvalue weighted by Crippen LogP contribution is -2.30. The van der Waals surface area contributed by atoms with E-state index in [1.807, 2.05) is 0 Å². The number of carbonyl (C=O) groups is 1. The van der Waals surface area contributed by atoms with Gasteiger partial charge in [0.15, 0.2) is 0 Å². The van der Waals surface area contributed by atoms with Gasteiger partial charge in [-0.3, -0.25) is 20.2 Å². The van der Waals surface area contributed by atoms with E-state index >= 15 is 0 Å². The smallest absolute Gasteiger partial charge is 0.299 e. The maximum Gasteiger partial charge on any atom is 0.299 e. The number of nitro benzene ring substituents is 2. The van der Waals surface area contributed by atoms with Crippen LogP contribution >= 0.6 is 0 Å². The van der Waals surface area contributed by atoms with E-state index in [9.17, 15) is 30.1 Å². The van der Waals surface area contributed by atoms with Gasteiger partial charge in [-0.15, -0.1) is 0 Å². The van der Waals surface area contributed by atoms with Crippen molar-refractivity contribution < 1.29 is 19.7 Å². The number of carboxylic acid groups (broad SMARTS) is 1. The minimum absolute atomic E-state index is 0.121. The van der Waals surface area contributed by atoms with Gasteiger partial charge in [-0.2, -0.15) is 0 Å². The van der Waals surface area contributed by atoms with Crippen molar-refractivity contribution in [2.45, 2.75) is 0 Å². The number of aliphatic carboxylic acids is 1. The Kier molecular flexibility index (Phi) is 3.55. The summed E-state index contributed by atoms with van der Waals surface area (Å²) in [5, 5.41) is 33.4. The third-order valence-electron chi connectivity index (χ3n) is 1.81. The monoisotopic (exact) mass is 240 g/mol. The second kappa shape index (κ2) is 4.88. The Balaban J connectivity index is 3.08. The lowest BCUT2D eigenvalue weighted by molar-refractivity contribution is -0.393. The van der Waals surface area contributed by atoms with Gasteiger partial charge in [-0.1, -0.05) is 0 Å². The topological polar surface area (TPSA) is 138 Å². The summed E-state index contributed by atoms with van der Waals surface area (Å²) in [7, 11) is 0. The highest BCUT2D eigenvalue weighted by Crippen LogP contribution is 2.28. The van der Waals surface area contributed by atoms with Gasteiger partial charge in [0.25, 0.3) is 11.4 Å². The maximum atomic E-state index is 10.6. The molecule has 1 aromatic rings. The fourth-order valence-electron chi connectivity index (χ4n) is 1.10. The minimum atomic E-state index is -1.45. The van der Waals surface area contributed by atoms with Crippen LogP contribution < -0.4 is 10.4 Å². The molecule has 0 amide bonds. The van der Waals surface area contributed by atoms with Gasteiger partial charge in [0.05, 0.1) is 28.4 Å². The molecule has 0 aliphatic rings. The Morgan fingerprint density at radius 3 is 2.35 bits per heavy atom. The van der Waals surface area contributed by atoms with Crippen LogP contribution in [-0.2, 0) is 4.79 Å². The van der Waals surface area contributed by atoms with Crippen LogP contribution in [0.3, 0.4) is 0 Å². The summed E-state index contributed by atoms with van der Waals surface area (Å²) < 4.78 is 0. The van der Waals surface area contributed by atoms with E-state index in [-0.39, 0.29) is 5.69 Å². The molecule has 0 saturated heterocycles. The summed E-state index contributed by atoms with van der Waals surface area (Å²) in [6.45, 7) is -0.626. The van der Waals surface area contributed by atoms with E-state index in [1.54, 1.807) is 0 Å². The molecule has 0 aliphatic carbocycles. The van der Waals surface area contributed by atoms with Crippen LogP contribution in [0.15, 0.2) is 18.2 Å². The highest BCUT2D eigenvalue weighted by molar-refractivity contribution is 5.74. The van der Waals surface area contributed by atoms with E-state index in [0.29, 0.717) is 0 Å². The molecule has 9 heteroatoms. The summed E-state index contributed by atoms with van der Waals surface area (Å²) in [6.07, 6.45) is 0. The molecule has 0 fully saturated rings. The number of carboxylic acids is 1. The number of nitro groups is 2. The highest BCUT2D eigenvalue weighted by Gasteiger charge is 2.18. The van der Waals surface area contributed by atoms with Gasteiger partial charge in [0.1, 0.15) is 5.69 Å². The maximum absolute atomic E-state index is 10.6.